The number of sulfonamides is 2. The molecule has 130 valence electrons. The number of hydrogen-bond donors (Lipinski definition) is 1. The Morgan fingerprint density at radius 3 is 2.00 bits per heavy atom. The number of nitrogens with zero attached hydrogens (tertiary/aromatic N) is 1. The first-order chi connectivity index (χ1) is 11.0. The summed E-state index contributed by atoms with van der Waals surface area (Å²) in [5.41, 5.74) is 0.160. The lowest BCUT2D eigenvalue weighted by atomic mass is 10.3. The van der Waals surface area contributed by atoms with Gasteiger partial charge in [-0.05, 0) is 42.5 Å². The summed E-state index contributed by atoms with van der Waals surface area (Å²) < 4.78 is 64.8. The standard InChI is InChI=1S/C14H14ClFN2O4S2/c1-18(2)24(21,22)11-5-3-10(4-6-11)17-23(19,20)12-7-8-14(16)13(15)9-12/h3-9,17H,1-2H3. The van der Waals surface area contributed by atoms with E-state index in [9.17, 15) is 21.2 Å². The zero-order valence-corrected chi connectivity index (χ0v) is 15.1. The van der Waals surface area contributed by atoms with Gasteiger partial charge in [0, 0.05) is 19.8 Å². The first kappa shape index (κ1) is 18.7. The third-order valence-corrected chi connectivity index (χ3v) is 6.58. The molecule has 2 rings (SSSR count). The van der Waals surface area contributed by atoms with Gasteiger partial charge in [-0.15, -0.1) is 0 Å². The molecule has 0 atom stereocenters. The molecule has 0 spiro atoms. The Bertz CT molecular complexity index is 959. The summed E-state index contributed by atoms with van der Waals surface area (Å²) >= 11 is 5.58. The average Bonchev–Trinajstić information content (AvgIpc) is 2.50. The highest BCUT2D eigenvalue weighted by atomic mass is 35.5. The van der Waals surface area contributed by atoms with Gasteiger partial charge >= 0.3 is 0 Å². The molecular weight excluding hydrogens is 379 g/mol. The summed E-state index contributed by atoms with van der Waals surface area (Å²) in [5.74, 6) is -0.728. The van der Waals surface area contributed by atoms with E-state index in [2.05, 4.69) is 4.72 Å². The summed E-state index contributed by atoms with van der Waals surface area (Å²) in [7, 11) is -4.79. The molecular formula is C14H14ClFN2O4S2. The average molecular weight is 393 g/mol. The van der Waals surface area contributed by atoms with Crippen LogP contribution < -0.4 is 4.72 Å². The van der Waals surface area contributed by atoms with Gasteiger partial charge in [0.15, 0.2) is 0 Å². The minimum atomic E-state index is -3.98. The van der Waals surface area contributed by atoms with E-state index in [0.717, 1.165) is 22.5 Å². The van der Waals surface area contributed by atoms with Gasteiger partial charge in [-0.25, -0.2) is 25.5 Å². The molecule has 0 aliphatic carbocycles. The predicted octanol–water partition coefficient (Wildman–Crippen LogP) is 2.53. The zero-order chi connectivity index (χ0) is 18.1. The molecule has 0 amide bonds. The van der Waals surface area contributed by atoms with Gasteiger partial charge in [-0.3, -0.25) is 4.72 Å². The Labute approximate surface area is 145 Å². The Balaban J connectivity index is 2.29. The smallest absolute Gasteiger partial charge is 0.261 e. The lowest BCUT2D eigenvalue weighted by Crippen LogP contribution is -2.22. The normalized spacial score (nSPS) is 12.4. The highest BCUT2D eigenvalue weighted by Gasteiger charge is 2.19. The molecule has 2 aromatic carbocycles. The van der Waals surface area contributed by atoms with Crippen LogP contribution in [0.5, 0.6) is 0 Å². The van der Waals surface area contributed by atoms with E-state index in [4.69, 9.17) is 11.6 Å². The summed E-state index contributed by atoms with van der Waals surface area (Å²) in [6, 6.07) is 8.22. The Morgan fingerprint density at radius 2 is 1.50 bits per heavy atom. The van der Waals surface area contributed by atoms with Crippen molar-refractivity contribution >= 4 is 37.3 Å². The van der Waals surface area contributed by atoms with Crippen LogP contribution in [0.3, 0.4) is 0 Å². The molecule has 2 aromatic rings. The molecule has 6 nitrogen and oxygen atoms in total. The molecule has 0 aromatic heterocycles. The lowest BCUT2D eigenvalue weighted by molar-refractivity contribution is 0.521. The van der Waals surface area contributed by atoms with Crippen LogP contribution in [0.4, 0.5) is 10.1 Å². The van der Waals surface area contributed by atoms with E-state index in [1.54, 1.807) is 0 Å². The van der Waals surface area contributed by atoms with Crippen molar-refractivity contribution in [2.24, 2.45) is 0 Å². The largest absolute Gasteiger partial charge is 0.280 e. The fourth-order valence-corrected chi connectivity index (χ4v) is 4.00. The third kappa shape index (κ3) is 3.86. The number of nitrogens with one attached hydrogen (secondary N) is 1. The van der Waals surface area contributed by atoms with Gasteiger partial charge in [0.1, 0.15) is 5.82 Å². The molecule has 0 saturated carbocycles. The predicted molar refractivity (Wildman–Crippen MR) is 89.5 cm³/mol. The van der Waals surface area contributed by atoms with Crippen molar-refractivity contribution < 1.29 is 21.2 Å². The van der Waals surface area contributed by atoms with Crippen molar-refractivity contribution in [1.29, 1.82) is 0 Å². The van der Waals surface area contributed by atoms with Gasteiger partial charge in [-0.2, -0.15) is 0 Å². The van der Waals surface area contributed by atoms with E-state index >= 15 is 0 Å². The van der Waals surface area contributed by atoms with Crippen LogP contribution >= 0.6 is 11.6 Å². The lowest BCUT2D eigenvalue weighted by Gasteiger charge is -2.12. The molecule has 0 bridgehead atoms. The topological polar surface area (TPSA) is 83.6 Å². The second kappa shape index (κ2) is 6.67. The van der Waals surface area contributed by atoms with Gasteiger partial charge in [0.2, 0.25) is 10.0 Å². The molecule has 0 aliphatic heterocycles. The van der Waals surface area contributed by atoms with Crippen LogP contribution in [0.25, 0.3) is 0 Å². The minimum absolute atomic E-state index is 0.0280. The zero-order valence-electron chi connectivity index (χ0n) is 12.7. The van der Waals surface area contributed by atoms with Crippen molar-refractivity contribution in [3.05, 3.63) is 53.3 Å². The van der Waals surface area contributed by atoms with Crippen LogP contribution in [-0.2, 0) is 20.0 Å². The van der Waals surface area contributed by atoms with Crippen LogP contribution in [0.2, 0.25) is 5.02 Å². The van der Waals surface area contributed by atoms with Gasteiger partial charge in [0.05, 0.1) is 14.8 Å². The monoisotopic (exact) mass is 392 g/mol. The molecule has 0 saturated heterocycles. The third-order valence-electron chi connectivity index (χ3n) is 3.09. The maximum atomic E-state index is 13.1. The molecule has 0 fully saturated rings. The molecule has 1 N–H and O–H groups in total. The van der Waals surface area contributed by atoms with Crippen LogP contribution in [0.15, 0.2) is 52.3 Å². The number of anilines is 1. The Kier molecular flexibility index (Phi) is 5.19. The van der Waals surface area contributed by atoms with Crippen molar-refractivity contribution in [3.8, 4) is 0 Å². The summed E-state index contributed by atoms with van der Waals surface area (Å²) in [6.07, 6.45) is 0. The number of hydrogen-bond acceptors (Lipinski definition) is 4. The van der Waals surface area contributed by atoms with E-state index < -0.39 is 25.9 Å². The first-order valence-corrected chi connectivity index (χ1v) is 9.84. The van der Waals surface area contributed by atoms with Gasteiger partial charge < -0.3 is 0 Å². The fraction of sp³-hybridized carbons (Fsp3) is 0.143. The summed E-state index contributed by atoms with van der Waals surface area (Å²) in [5, 5.41) is -0.315. The van der Waals surface area contributed by atoms with Gasteiger partial charge in [-0.1, -0.05) is 11.6 Å². The second-order valence-corrected chi connectivity index (χ2v) is 9.23. The van der Waals surface area contributed by atoms with E-state index in [-0.39, 0.29) is 20.5 Å². The highest BCUT2D eigenvalue weighted by molar-refractivity contribution is 7.92. The van der Waals surface area contributed by atoms with Crippen molar-refractivity contribution in [1.82, 2.24) is 4.31 Å². The van der Waals surface area contributed by atoms with E-state index in [1.165, 1.54) is 38.4 Å². The molecule has 0 radical (unpaired) electrons. The SMILES string of the molecule is CN(C)S(=O)(=O)c1ccc(NS(=O)(=O)c2ccc(F)c(Cl)c2)cc1. The number of rotatable bonds is 5. The second-order valence-electron chi connectivity index (χ2n) is 4.99. The molecule has 0 heterocycles. The maximum absolute atomic E-state index is 13.1. The molecule has 24 heavy (non-hydrogen) atoms. The molecule has 10 heteroatoms. The quantitative estimate of drug-likeness (QED) is 0.847. The molecule has 0 unspecified atom stereocenters. The Hall–Kier alpha value is -1.68. The van der Waals surface area contributed by atoms with Crippen LogP contribution in [0, 0.1) is 5.82 Å². The van der Waals surface area contributed by atoms with E-state index in [1.807, 2.05) is 0 Å². The van der Waals surface area contributed by atoms with Crippen LogP contribution in [-0.4, -0.2) is 35.2 Å². The summed E-state index contributed by atoms with van der Waals surface area (Å²) in [6.45, 7) is 0. The maximum Gasteiger partial charge on any atom is 0.261 e. The minimum Gasteiger partial charge on any atom is -0.280 e. The van der Waals surface area contributed by atoms with Crippen molar-refractivity contribution in [2.75, 3.05) is 18.8 Å². The van der Waals surface area contributed by atoms with Gasteiger partial charge in [0.25, 0.3) is 10.0 Å². The number of halogens is 2. The first-order valence-electron chi connectivity index (χ1n) is 6.54. The number of benzene rings is 2. The van der Waals surface area contributed by atoms with Crippen LogP contribution in [0.1, 0.15) is 0 Å². The fourth-order valence-electron chi connectivity index (χ4n) is 1.76. The summed E-state index contributed by atoms with van der Waals surface area (Å²) in [4.78, 5) is -0.181. The van der Waals surface area contributed by atoms with Crippen molar-refractivity contribution in [2.45, 2.75) is 9.79 Å². The molecule has 0 aliphatic rings. The highest BCUT2D eigenvalue weighted by Crippen LogP contribution is 2.23. The van der Waals surface area contributed by atoms with Crippen molar-refractivity contribution in [3.63, 3.8) is 0 Å². The van der Waals surface area contributed by atoms with E-state index in [0.29, 0.717) is 0 Å². The Morgan fingerprint density at radius 1 is 0.958 bits per heavy atom.